The largest absolute Gasteiger partial charge is 0.264 e. The van der Waals surface area contributed by atoms with E-state index in [9.17, 15) is 10.1 Å². The summed E-state index contributed by atoms with van der Waals surface area (Å²) in [4.78, 5) is 11.0. The van der Waals surface area contributed by atoms with Crippen LogP contribution < -0.4 is 0 Å². The Kier molecular flexibility index (Phi) is 1.35. The van der Waals surface area contributed by atoms with Crippen molar-refractivity contribution in [3.63, 3.8) is 0 Å². The van der Waals surface area contributed by atoms with Gasteiger partial charge in [0, 0.05) is 17.3 Å². The average molecular weight is 205 g/mol. The maximum absolute atomic E-state index is 11.0. The molecule has 3 heteroatoms. The van der Waals surface area contributed by atoms with Crippen molar-refractivity contribution in [3.8, 4) is 0 Å². The van der Waals surface area contributed by atoms with Crippen LogP contribution in [0.1, 0.15) is 32.1 Å². The standard InChI is InChI=1S/C12H15NO2/c14-13(15)10-5-8-4-9(10)12-7-2-1-6(3-7)11(8)12/h6-10H,1-5H2/t6-,7-,8+,9+,10-/m0/s1. The summed E-state index contributed by atoms with van der Waals surface area (Å²) in [5.41, 5.74) is 3.28. The van der Waals surface area contributed by atoms with Crippen LogP contribution in [0.5, 0.6) is 0 Å². The minimum absolute atomic E-state index is 0.0135. The maximum Gasteiger partial charge on any atom is 0.220 e. The van der Waals surface area contributed by atoms with E-state index < -0.39 is 0 Å². The lowest BCUT2D eigenvalue weighted by molar-refractivity contribution is -0.527. The van der Waals surface area contributed by atoms with E-state index in [1.807, 2.05) is 0 Å². The van der Waals surface area contributed by atoms with Crippen molar-refractivity contribution in [2.45, 2.75) is 38.1 Å². The summed E-state index contributed by atoms with van der Waals surface area (Å²) in [5, 5.41) is 11.0. The normalized spacial score (nSPS) is 50.3. The third-order valence-electron chi connectivity index (χ3n) is 5.28. The summed E-state index contributed by atoms with van der Waals surface area (Å²) in [6.07, 6.45) is 5.98. The third kappa shape index (κ3) is 0.837. The minimum Gasteiger partial charge on any atom is -0.264 e. The van der Waals surface area contributed by atoms with E-state index in [2.05, 4.69) is 0 Å². The molecular weight excluding hydrogens is 190 g/mol. The van der Waals surface area contributed by atoms with Gasteiger partial charge in [-0.15, -0.1) is 0 Å². The van der Waals surface area contributed by atoms with Crippen LogP contribution in [0.15, 0.2) is 11.1 Å². The van der Waals surface area contributed by atoms with Crippen molar-refractivity contribution in [2.75, 3.05) is 0 Å². The van der Waals surface area contributed by atoms with Gasteiger partial charge in [-0.2, -0.15) is 0 Å². The summed E-state index contributed by atoms with van der Waals surface area (Å²) in [5.74, 6) is 2.54. The van der Waals surface area contributed by atoms with Gasteiger partial charge in [-0.25, -0.2) is 0 Å². The van der Waals surface area contributed by atoms with Gasteiger partial charge in [-0.05, 0) is 43.4 Å². The van der Waals surface area contributed by atoms with E-state index in [-0.39, 0.29) is 11.0 Å². The summed E-state index contributed by atoms with van der Waals surface area (Å²) >= 11 is 0. The molecule has 4 aliphatic rings. The Hall–Kier alpha value is -0.860. The molecule has 80 valence electrons. The van der Waals surface area contributed by atoms with E-state index >= 15 is 0 Å². The van der Waals surface area contributed by atoms with E-state index in [4.69, 9.17) is 0 Å². The molecule has 5 atom stereocenters. The Bertz CT molecular complexity index is 387. The molecule has 0 aromatic heterocycles. The highest BCUT2D eigenvalue weighted by molar-refractivity contribution is 5.40. The molecule has 15 heavy (non-hydrogen) atoms. The molecule has 2 saturated carbocycles. The SMILES string of the molecule is O=[N+]([O-])[C@H]1C[C@H]2C[C@H]1C1=C2[C@H]2CC[C@H]1C2. The first-order chi connectivity index (χ1) is 7.25. The van der Waals surface area contributed by atoms with Crippen LogP contribution in [0, 0.1) is 33.8 Å². The lowest BCUT2D eigenvalue weighted by atomic mass is 9.80. The van der Waals surface area contributed by atoms with E-state index in [0.29, 0.717) is 11.8 Å². The molecule has 3 nitrogen and oxygen atoms in total. The molecule has 4 rings (SSSR count). The molecule has 0 aromatic rings. The molecule has 0 aliphatic heterocycles. The van der Waals surface area contributed by atoms with Gasteiger partial charge in [0.25, 0.3) is 0 Å². The predicted molar refractivity (Wildman–Crippen MR) is 54.9 cm³/mol. The minimum atomic E-state index is -0.229. The number of allylic oxidation sites excluding steroid dienone is 1. The Balaban J connectivity index is 1.77. The number of fused-ring (bicyclic) bond motifs is 8. The Labute approximate surface area is 88.7 Å². The van der Waals surface area contributed by atoms with E-state index in [1.165, 1.54) is 19.3 Å². The maximum atomic E-state index is 11.0. The van der Waals surface area contributed by atoms with Gasteiger partial charge in [0.1, 0.15) is 0 Å². The van der Waals surface area contributed by atoms with Crippen LogP contribution in [0.4, 0.5) is 0 Å². The third-order valence-corrected chi connectivity index (χ3v) is 5.28. The fourth-order valence-electron chi connectivity index (χ4n) is 4.94. The highest BCUT2D eigenvalue weighted by Crippen LogP contribution is 2.63. The summed E-state index contributed by atoms with van der Waals surface area (Å²) in [7, 11) is 0. The number of nitrogens with zero attached hydrogens (tertiary/aromatic N) is 1. The van der Waals surface area contributed by atoms with Gasteiger partial charge >= 0.3 is 0 Å². The molecule has 4 aliphatic carbocycles. The molecule has 0 saturated heterocycles. The molecule has 0 aromatic carbocycles. The molecular formula is C12H15NO2. The average Bonchev–Trinajstić information content (AvgIpc) is 2.95. The van der Waals surface area contributed by atoms with Gasteiger partial charge in [0.05, 0.1) is 0 Å². The Morgan fingerprint density at radius 1 is 1.00 bits per heavy atom. The molecule has 0 amide bonds. The molecule has 0 heterocycles. The van der Waals surface area contributed by atoms with Crippen LogP contribution in [0.2, 0.25) is 0 Å². The van der Waals surface area contributed by atoms with Gasteiger partial charge in [-0.3, -0.25) is 10.1 Å². The first-order valence-electron chi connectivity index (χ1n) is 6.13. The van der Waals surface area contributed by atoms with Crippen molar-refractivity contribution in [3.05, 3.63) is 21.3 Å². The number of hydrogen-bond donors (Lipinski definition) is 0. The van der Waals surface area contributed by atoms with Crippen molar-refractivity contribution >= 4 is 0 Å². The fourth-order valence-corrected chi connectivity index (χ4v) is 4.94. The number of nitro groups is 1. The van der Waals surface area contributed by atoms with Crippen molar-refractivity contribution < 1.29 is 4.92 Å². The van der Waals surface area contributed by atoms with Crippen LogP contribution in [0.3, 0.4) is 0 Å². The summed E-state index contributed by atoms with van der Waals surface area (Å²) in [6.45, 7) is 0. The smallest absolute Gasteiger partial charge is 0.220 e. The van der Waals surface area contributed by atoms with Gasteiger partial charge in [-0.1, -0.05) is 11.1 Å². The molecule has 0 N–H and O–H groups in total. The fraction of sp³-hybridized carbons (Fsp3) is 0.833. The second-order valence-corrected chi connectivity index (χ2v) is 5.75. The van der Waals surface area contributed by atoms with Crippen molar-refractivity contribution in [1.29, 1.82) is 0 Å². The predicted octanol–water partition coefficient (Wildman–Crippen LogP) is 2.40. The number of hydrogen-bond acceptors (Lipinski definition) is 2. The van der Waals surface area contributed by atoms with Crippen molar-refractivity contribution in [2.24, 2.45) is 23.7 Å². The van der Waals surface area contributed by atoms with Crippen molar-refractivity contribution in [1.82, 2.24) is 0 Å². The zero-order chi connectivity index (χ0) is 10.2. The molecule has 0 spiro atoms. The second kappa shape index (κ2) is 2.45. The lowest BCUT2D eigenvalue weighted by Crippen LogP contribution is -2.29. The zero-order valence-electron chi connectivity index (χ0n) is 8.69. The van der Waals surface area contributed by atoms with Crippen LogP contribution in [0.25, 0.3) is 0 Å². The highest BCUT2D eigenvalue weighted by atomic mass is 16.6. The summed E-state index contributed by atoms with van der Waals surface area (Å²) < 4.78 is 0. The monoisotopic (exact) mass is 205 g/mol. The quantitative estimate of drug-likeness (QED) is 0.285. The highest BCUT2D eigenvalue weighted by Gasteiger charge is 2.58. The van der Waals surface area contributed by atoms with Crippen LogP contribution in [-0.4, -0.2) is 11.0 Å². The molecule has 2 fully saturated rings. The van der Waals surface area contributed by atoms with Gasteiger partial charge < -0.3 is 0 Å². The van der Waals surface area contributed by atoms with Gasteiger partial charge in [0.2, 0.25) is 6.04 Å². The summed E-state index contributed by atoms with van der Waals surface area (Å²) in [6, 6.07) is -0.229. The topological polar surface area (TPSA) is 43.1 Å². The first kappa shape index (κ1) is 8.31. The van der Waals surface area contributed by atoms with Gasteiger partial charge in [0.15, 0.2) is 0 Å². The lowest BCUT2D eigenvalue weighted by Gasteiger charge is -2.25. The van der Waals surface area contributed by atoms with E-state index in [0.717, 1.165) is 24.7 Å². The number of rotatable bonds is 1. The molecule has 4 bridgehead atoms. The Morgan fingerprint density at radius 2 is 1.73 bits per heavy atom. The Morgan fingerprint density at radius 3 is 2.47 bits per heavy atom. The van der Waals surface area contributed by atoms with Crippen LogP contribution in [-0.2, 0) is 0 Å². The zero-order valence-corrected chi connectivity index (χ0v) is 8.69. The van der Waals surface area contributed by atoms with Crippen LogP contribution >= 0.6 is 0 Å². The first-order valence-corrected chi connectivity index (χ1v) is 6.13. The second-order valence-electron chi connectivity index (χ2n) is 5.75. The molecule has 0 radical (unpaired) electrons. The molecule has 0 unspecified atom stereocenters. The van der Waals surface area contributed by atoms with E-state index in [1.54, 1.807) is 11.1 Å².